The SMILES string of the molecule is Cl.NCC(O)(CCOC(=O)c1ccccc1)c1ccc(Cl)c(Cl)c1. The molecule has 0 bridgehead atoms. The highest BCUT2D eigenvalue weighted by Crippen LogP contribution is 2.30. The van der Waals surface area contributed by atoms with E-state index in [2.05, 4.69) is 0 Å². The normalized spacial score (nSPS) is 12.8. The van der Waals surface area contributed by atoms with E-state index in [4.69, 9.17) is 33.7 Å². The van der Waals surface area contributed by atoms with Crippen molar-refractivity contribution >= 4 is 41.6 Å². The van der Waals surface area contributed by atoms with Crippen molar-refractivity contribution in [3.8, 4) is 0 Å². The Morgan fingerprint density at radius 2 is 1.79 bits per heavy atom. The Bertz CT molecular complexity index is 682. The number of esters is 1. The summed E-state index contributed by atoms with van der Waals surface area (Å²) in [7, 11) is 0. The van der Waals surface area contributed by atoms with Crippen LogP contribution in [0.5, 0.6) is 0 Å². The highest BCUT2D eigenvalue weighted by Gasteiger charge is 2.28. The van der Waals surface area contributed by atoms with Gasteiger partial charge in [0, 0.05) is 13.0 Å². The van der Waals surface area contributed by atoms with Crippen LogP contribution in [0.3, 0.4) is 0 Å². The van der Waals surface area contributed by atoms with E-state index in [-0.39, 0.29) is 32.0 Å². The van der Waals surface area contributed by atoms with E-state index in [1.165, 1.54) is 0 Å². The summed E-state index contributed by atoms with van der Waals surface area (Å²) in [6, 6.07) is 13.5. The summed E-state index contributed by atoms with van der Waals surface area (Å²) >= 11 is 11.8. The molecule has 0 radical (unpaired) electrons. The van der Waals surface area contributed by atoms with Gasteiger partial charge in [0.05, 0.1) is 22.2 Å². The molecule has 0 fully saturated rings. The van der Waals surface area contributed by atoms with Gasteiger partial charge in [-0.2, -0.15) is 0 Å². The molecule has 24 heavy (non-hydrogen) atoms. The molecule has 130 valence electrons. The van der Waals surface area contributed by atoms with Crippen molar-refractivity contribution < 1.29 is 14.6 Å². The van der Waals surface area contributed by atoms with Crippen molar-refractivity contribution in [1.29, 1.82) is 0 Å². The lowest BCUT2D eigenvalue weighted by Gasteiger charge is -2.27. The van der Waals surface area contributed by atoms with Crippen LogP contribution in [0.1, 0.15) is 22.3 Å². The lowest BCUT2D eigenvalue weighted by atomic mass is 9.91. The highest BCUT2D eigenvalue weighted by molar-refractivity contribution is 6.42. The number of hydrogen-bond acceptors (Lipinski definition) is 4. The maximum absolute atomic E-state index is 11.9. The molecule has 2 rings (SSSR count). The molecule has 0 aromatic heterocycles. The maximum atomic E-state index is 11.9. The van der Waals surface area contributed by atoms with E-state index < -0.39 is 11.6 Å². The fourth-order valence-electron chi connectivity index (χ4n) is 2.12. The Kier molecular flexibility index (Phi) is 8.00. The molecule has 0 saturated heterocycles. The molecule has 2 aromatic carbocycles. The zero-order chi connectivity index (χ0) is 16.9. The quantitative estimate of drug-likeness (QED) is 0.736. The van der Waals surface area contributed by atoms with Gasteiger partial charge in [-0.15, -0.1) is 12.4 Å². The molecule has 1 atom stereocenters. The van der Waals surface area contributed by atoms with Crippen LogP contribution in [-0.2, 0) is 10.3 Å². The Morgan fingerprint density at radius 3 is 2.38 bits per heavy atom. The van der Waals surface area contributed by atoms with Crippen molar-refractivity contribution in [1.82, 2.24) is 0 Å². The lowest BCUT2D eigenvalue weighted by molar-refractivity contribution is 0.00590. The first-order valence-electron chi connectivity index (χ1n) is 7.06. The zero-order valence-corrected chi connectivity index (χ0v) is 15.1. The largest absolute Gasteiger partial charge is 0.462 e. The standard InChI is InChI=1S/C17H17Cl2NO3.ClH/c18-14-7-6-13(10-15(14)19)17(22,11-20)8-9-23-16(21)12-4-2-1-3-5-12;/h1-7,10,22H,8-9,11,20H2;1H. The summed E-state index contributed by atoms with van der Waals surface area (Å²) in [6.45, 7) is -0.00444. The van der Waals surface area contributed by atoms with Crippen molar-refractivity contribution in [3.05, 3.63) is 69.7 Å². The number of hydrogen-bond donors (Lipinski definition) is 2. The number of ether oxygens (including phenoxy) is 1. The van der Waals surface area contributed by atoms with E-state index in [1.54, 1.807) is 42.5 Å². The first kappa shape index (κ1) is 20.7. The van der Waals surface area contributed by atoms with Crippen molar-refractivity contribution in [2.45, 2.75) is 12.0 Å². The first-order valence-corrected chi connectivity index (χ1v) is 7.82. The average Bonchev–Trinajstić information content (AvgIpc) is 2.57. The Morgan fingerprint density at radius 1 is 1.12 bits per heavy atom. The summed E-state index contributed by atoms with van der Waals surface area (Å²) in [4.78, 5) is 11.9. The van der Waals surface area contributed by atoms with Gasteiger partial charge in [-0.1, -0.05) is 47.5 Å². The third-order valence-corrected chi connectivity index (χ3v) is 4.29. The maximum Gasteiger partial charge on any atom is 0.338 e. The van der Waals surface area contributed by atoms with Gasteiger partial charge in [-0.05, 0) is 29.8 Å². The molecule has 0 spiro atoms. The molecule has 7 heteroatoms. The zero-order valence-electron chi connectivity index (χ0n) is 12.7. The van der Waals surface area contributed by atoms with Crippen molar-refractivity contribution in [2.24, 2.45) is 5.73 Å². The minimum atomic E-state index is -1.34. The lowest BCUT2D eigenvalue weighted by Crippen LogP contribution is -2.36. The van der Waals surface area contributed by atoms with Crippen LogP contribution in [0.4, 0.5) is 0 Å². The number of rotatable bonds is 6. The van der Waals surface area contributed by atoms with Gasteiger partial charge in [0.15, 0.2) is 0 Å². The predicted octanol–water partition coefficient (Wildman–Crippen LogP) is 3.81. The Labute approximate surface area is 156 Å². The van der Waals surface area contributed by atoms with Crippen LogP contribution >= 0.6 is 35.6 Å². The van der Waals surface area contributed by atoms with E-state index in [1.807, 2.05) is 6.07 Å². The monoisotopic (exact) mass is 389 g/mol. The molecule has 2 aromatic rings. The predicted molar refractivity (Wildman–Crippen MR) is 98.0 cm³/mol. The number of carbonyl (C=O) groups excluding carboxylic acids is 1. The number of halogens is 3. The van der Waals surface area contributed by atoms with Gasteiger partial charge < -0.3 is 15.6 Å². The summed E-state index contributed by atoms with van der Waals surface area (Å²) in [6.07, 6.45) is 0.153. The molecule has 0 aliphatic carbocycles. The van der Waals surface area contributed by atoms with E-state index in [0.717, 1.165) is 0 Å². The summed E-state index contributed by atoms with van der Waals surface area (Å²) in [5, 5.41) is 11.4. The van der Waals surface area contributed by atoms with Crippen LogP contribution in [0.2, 0.25) is 10.0 Å². The van der Waals surface area contributed by atoms with E-state index >= 15 is 0 Å². The fourth-order valence-corrected chi connectivity index (χ4v) is 2.42. The molecule has 3 N–H and O–H groups in total. The van der Waals surface area contributed by atoms with Gasteiger partial charge >= 0.3 is 5.97 Å². The fraction of sp³-hybridized carbons (Fsp3) is 0.235. The van der Waals surface area contributed by atoms with Gasteiger partial charge in [-0.3, -0.25) is 0 Å². The second-order valence-corrected chi connectivity index (χ2v) is 5.93. The molecular weight excluding hydrogens is 373 g/mol. The molecule has 4 nitrogen and oxygen atoms in total. The van der Waals surface area contributed by atoms with Gasteiger partial charge in [-0.25, -0.2) is 4.79 Å². The van der Waals surface area contributed by atoms with Gasteiger partial charge in [0.1, 0.15) is 5.60 Å². The van der Waals surface area contributed by atoms with E-state index in [0.29, 0.717) is 21.2 Å². The first-order chi connectivity index (χ1) is 11.0. The van der Waals surface area contributed by atoms with Crippen LogP contribution in [0, 0.1) is 0 Å². The molecule has 0 saturated carbocycles. The van der Waals surface area contributed by atoms with Crippen LogP contribution < -0.4 is 5.73 Å². The average molecular weight is 391 g/mol. The van der Waals surface area contributed by atoms with E-state index in [9.17, 15) is 9.90 Å². The number of benzene rings is 2. The molecular formula is C17H18Cl3NO3. The minimum absolute atomic E-state index is 0. The summed E-state index contributed by atoms with van der Waals surface area (Å²) in [5.41, 5.74) is 5.34. The third-order valence-electron chi connectivity index (χ3n) is 3.55. The molecule has 0 aliphatic rings. The second kappa shape index (κ2) is 9.25. The molecule has 0 heterocycles. The number of carbonyl (C=O) groups is 1. The summed E-state index contributed by atoms with van der Waals surface area (Å²) in [5.74, 6) is -0.445. The van der Waals surface area contributed by atoms with Crippen molar-refractivity contribution in [2.75, 3.05) is 13.2 Å². The number of nitrogens with two attached hydrogens (primary N) is 1. The third kappa shape index (κ3) is 5.10. The Hall–Kier alpha value is -1.30. The van der Waals surface area contributed by atoms with Gasteiger partial charge in [0.2, 0.25) is 0 Å². The number of aliphatic hydroxyl groups is 1. The smallest absolute Gasteiger partial charge is 0.338 e. The second-order valence-electron chi connectivity index (χ2n) is 5.12. The van der Waals surface area contributed by atoms with Crippen LogP contribution in [0.15, 0.2) is 48.5 Å². The Balaban J connectivity index is 0.00000288. The minimum Gasteiger partial charge on any atom is -0.462 e. The summed E-state index contributed by atoms with van der Waals surface area (Å²) < 4.78 is 5.19. The van der Waals surface area contributed by atoms with Crippen LogP contribution in [-0.4, -0.2) is 24.2 Å². The van der Waals surface area contributed by atoms with Crippen molar-refractivity contribution in [3.63, 3.8) is 0 Å². The highest BCUT2D eigenvalue weighted by atomic mass is 35.5. The molecule has 0 amide bonds. The topological polar surface area (TPSA) is 72.6 Å². The van der Waals surface area contributed by atoms with Gasteiger partial charge in [0.25, 0.3) is 0 Å². The molecule has 0 aliphatic heterocycles. The van der Waals surface area contributed by atoms with Crippen LogP contribution in [0.25, 0.3) is 0 Å². The molecule has 1 unspecified atom stereocenters.